The van der Waals surface area contributed by atoms with Gasteiger partial charge in [-0.05, 0) is 43.6 Å². The molecule has 4 rings (SSSR count). The minimum atomic E-state index is -0.691. The summed E-state index contributed by atoms with van der Waals surface area (Å²) in [6.45, 7) is 6.39. The van der Waals surface area contributed by atoms with Crippen LogP contribution in [0.5, 0.6) is 0 Å². The van der Waals surface area contributed by atoms with Crippen LogP contribution in [0.2, 0.25) is 0 Å². The van der Waals surface area contributed by atoms with Gasteiger partial charge in [-0.25, -0.2) is 0 Å². The topological polar surface area (TPSA) is 45.3 Å². The lowest BCUT2D eigenvalue weighted by Gasteiger charge is -2.38. The first-order valence-electron chi connectivity index (χ1n) is 7.25. The van der Waals surface area contributed by atoms with Crippen molar-refractivity contribution in [3.63, 3.8) is 0 Å². The van der Waals surface area contributed by atoms with E-state index in [0.717, 1.165) is 19.3 Å². The van der Waals surface area contributed by atoms with Gasteiger partial charge in [0.05, 0.1) is 23.9 Å². The van der Waals surface area contributed by atoms with Gasteiger partial charge in [0.15, 0.2) is 0 Å². The van der Waals surface area contributed by atoms with E-state index in [1.54, 1.807) is 0 Å². The van der Waals surface area contributed by atoms with Crippen LogP contribution in [0.25, 0.3) is 0 Å². The highest BCUT2D eigenvalue weighted by atomic mass is 16.6. The number of epoxide rings is 2. The Hall–Kier alpha value is -0.380. The van der Waals surface area contributed by atoms with E-state index in [0.29, 0.717) is 24.2 Å². The molecule has 4 fully saturated rings. The van der Waals surface area contributed by atoms with Crippen molar-refractivity contribution < 1.29 is 14.6 Å². The number of rotatable bonds is 0. The summed E-state index contributed by atoms with van der Waals surface area (Å²) in [5.74, 6) is 0.819. The maximum atomic E-state index is 10.9. The molecule has 3 heteroatoms. The molecule has 18 heavy (non-hydrogen) atoms. The summed E-state index contributed by atoms with van der Waals surface area (Å²) in [4.78, 5) is 0. The van der Waals surface area contributed by atoms with Crippen LogP contribution >= 0.6 is 0 Å². The largest absolute Gasteiger partial charge is 0.385 e. The van der Waals surface area contributed by atoms with E-state index >= 15 is 0 Å². The fourth-order valence-electron chi connectivity index (χ4n) is 4.07. The Morgan fingerprint density at radius 1 is 1.11 bits per heavy atom. The van der Waals surface area contributed by atoms with Crippen LogP contribution < -0.4 is 0 Å². The summed E-state index contributed by atoms with van der Waals surface area (Å²) in [5, 5.41) is 10.9. The molecule has 0 aromatic rings. The van der Waals surface area contributed by atoms with Gasteiger partial charge in [-0.1, -0.05) is 19.4 Å². The van der Waals surface area contributed by atoms with Crippen molar-refractivity contribution in [3.8, 4) is 0 Å². The lowest BCUT2D eigenvalue weighted by molar-refractivity contribution is 0.0262. The summed E-state index contributed by atoms with van der Waals surface area (Å²) in [7, 11) is 0. The zero-order valence-corrected chi connectivity index (χ0v) is 11.3. The predicted octanol–water partition coefficient (Wildman–Crippen LogP) is 2.04. The van der Waals surface area contributed by atoms with E-state index in [-0.39, 0.29) is 12.0 Å². The molecule has 100 valence electrons. The van der Waals surface area contributed by atoms with E-state index in [1.165, 1.54) is 11.1 Å². The molecule has 2 aliphatic carbocycles. The number of aliphatic hydroxyl groups is 1. The molecule has 2 saturated carbocycles. The van der Waals surface area contributed by atoms with Crippen LogP contribution in [0.3, 0.4) is 0 Å². The SMILES string of the molecule is CC1CC2OC2CC1=C1C2OC2CC(C)C1(C)O. The van der Waals surface area contributed by atoms with Crippen molar-refractivity contribution in [3.05, 3.63) is 11.1 Å². The maximum Gasteiger partial charge on any atom is 0.108 e. The fourth-order valence-corrected chi connectivity index (χ4v) is 4.07. The van der Waals surface area contributed by atoms with E-state index < -0.39 is 5.60 Å². The minimum Gasteiger partial charge on any atom is -0.385 e. The molecule has 0 aromatic carbocycles. The van der Waals surface area contributed by atoms with Gasteiger partial charge in [-0.2, -0.15) is 0 Å². The third-order valence-corrected chi connectivity index (χ3v) is 5.59. The highest BCUT2D eigenvalue weighted by Gasteiger charge is 2.58. The molecule has 2 saturated heterocycles. The summed E-state index contributed by atoms with van der Waals surface area (Å²) in [6.07, 6.45) is 4.60. The Morgan fingerprint density at radius 3 is 2.67 bits per heavy atom. The van der Waals surface area contributed by atoms with Gasteiger partial charge in [0.2, 0.25) is 0 Å². The zero-order chi connectivity index (χ0) is 12.7. The van der Waals surface area contributed by atoms with Crippen LogP contribution in [0.15, 0.2) is 11.1 Å². The summed E-state index contributed by atoms with van der Waals surface area (Å²) >= 11 is 0. The number of hydrogen-bond donors (Lipinski definition) is 1. The van der Waals surface area contributed by atoms with Gasteiger partial charge >= 0.3 is 0 Å². The van der Waals surface area contributed by atoms with Gasteiger partial charge in [-0.3, -0.25) is 0 Å². The van der Waals surface area contributed by atoms with Crippen molar-refractivity contribution in [2.75, 3.05) is 0 Å². The van der Waals surface area contributed by atoms with Gasteiger partial charge < -0.3 is 14.6 Å². The molecular formula is C15H22O3. The van der Waals surface area contributed by atoms with E-state index in [4.69, 9.17) is 9.47 Å². The predicted molar refractivity (Wildman–Crippen MR) is 67.2 cm³/mol. The van der Waals surface area contributed by atoms with E-state index in [9.17, 15) is 5.11 Å². The molecule has 7 atom stereocenters. The van der Waals surface area contributed by atoms with Crippen molar-refractivity contribution in [2.45, 2.75) is 70.1 Å². The molecule has 4 aliphatic rings. The highest BCUT2D eigenvalue weighted by molar-refractivity contribution is 5.38. The molecule has 0 spiro atoms. The standard InChI is InChI=1S/C15H22O3/c1-7-4-10-11(17-10)6-9(7)13-14-12(18-14)5-8(2)15(13,3)16/h7-8,10-12,14,16H,4-6H2,1-3H3. The van der Waals surface area contributed by atoms with Gasteiger partial charge in [0.25, 0.3) is 0 Å². The molecule has 7 unspecified atom stereocenters. The minimum absolute atomic E-state index is 0.198. The first-order chi connectivity index (χ1) is 8.48. The average Bonchev–Trinajstić information content (AvgIpc) is 3.15. The Kier molecular flexibility index (Phi) is 2.15. The molecule has 0 radical (unpaired) electrons. The normalized spacial score (nSPS) is 62.0. The molecule has 2 heterocycles. The van der Waals surface area contributed by atoms with Crippen LogP contribution in [0.1, 0.15) is 40.0 Å². The smallest absolute Gasteiger partial charge is 0.108 e. The third-order valence-electron chi connectivity index (χ3n) is 5.59. The fraction of sp³-hybridized carbons (Fsp3) is 0.867. The van der Waals surface area contributed by atoms with Crippen molar-refractivity contribution in [2.24, 2.45) is 11.8 Å². The van der Waals surface area contributed by atoms with Crippen LogP contribution in [0.4, 0.5) is 0 Å². The average molecular weight is 250 g/mol. The molecule has 1 N–H and O–H groups in total. The van der Waals surface area contributed by atoms with Crippen molar-refractivity contribution in [1.82, 2.24) is 0 Å². The summed E-state index contributed by atoms with van der Waals surface area (Å²) < 4.78 is 11.4. The molecule has 0 amide bonds. The Labute approximate surface area is 108 Å². The first kappa shape index (κ1) is 11.4. The quantitative estimate of drug-likeness (QED) is 0.528. The Morgan fingerprint density at radius 2 is 1.89 bits per heavy atom. The molecular weight excluding hydrogens is 228 g/mol. The molecule has 2 aliphatic heterocycles. The third kappa shape index (κ3) is 1.47. The second-order valence-electron chi connectivity index (χ2n) is 6.87. The van der Waals surface area contributed by atoms with Gasteiger partial charge in [0.1, 0.15) is 6.10 Å². The zero-order valence-electron chi connectivity index (χ0n) is 11.3. The first-order valence-corrected chi connectivity index (χ1v) is 7.25. The van der Waals surface area contributed by atoms with Crippen LogP contribution in [-0.2, 0) is 9.47 Å². The molecule has 3 nitrogen and oxygen atoms in total. The van der Waals surface area contributed by atoms with Crippen LogP contribution in [-0.4, -0.2) is 35.1 Å². The molecule has 0 bridgehead atoms. The number of hydrogen-bond acceptors (Lipinski definition) is 3. The highest BCUT2D eigenvalue weighted by Crippen LogP contribution is 2.53. The van der Waals surface area contributed by atoms with E-state index in [1.807, 2.05) is 6.92 Å². The lowest BCUT2D eigenvalue weighted by Crippen LogP contribution is -2.43. The van der Waals surface area contributed by atoms with Gasteiger partial charge in [0, 0.05) is 0 Å². The second kappa shape index (κ2) is 3.38. The van der Waals surface area contributed by atoms with Crippen molar-refractivity contribution in [1.29, 1.82) is 0 Å². The van der Waals surface area contributed by atoms with Gasteiger partial charge in [-0.15, -0.1) is 0 Å². The monoisotopic (exact) mass is 250 g/mol. The summed E-state index contributed by atoms with van der Waals surface area (Å²) in [5.41, 5.74) is 1.94. The number of ether oxygens (including phenoxy) is 2. The second-order valence-corrected chi connectivity index (χ2v) is 6.87. The Balaban J connectivity index is 1.76. The summed E-state index contributed by atoms with van der Waals surface area (Å²) in [6, 6.07) is 0. The maximum absolute atomic E-state index is 10.9. The van der Waals surface area contributed by atoms with E-state index in [2.05, 4.69) is 13.8 Å². The lowest BCUT2D eigenvalue weighted by atomic mass is 9.69. The van der Waals surface area contributed by atoms with Crippen LogP contribution in [0, 0.1) is 11.8 Å². The van der Waals surface area contributed by atoms with Crippen molar-refractivity contribution >= 4 is 0 Å². The Bertz CT molecular complexity index is 425. The number of fused-ring (bicyclic) bond motifs is 2. The molecule has 0 aromatic heterocycles.